The number of likely N-dealkylation sites (N-methyl/N-ethyl adjacent to an activating group) is 1. The number of nitrogens with zero attached hydrogens (tertiary/aromatic N) is 4. The van der Waals surface area contributed by atoms with E-state index in [4.69, 9.17) is 11.0 Å². The largest absolute Gasteiger partial charge is 0.399 e. The molecule has 2 N–H and O–H groups in total. The molecule has 1 aromatic heterocycles. The Labute approximate surface area is 110 Å². The van der Waals surface area contributed by atoms with Crippen molar-refractivity contribution in [3.63, 3.8) is 0 Å². The Morgan fingerprint density at radius 2 is 2.16 bits per heavy atom. The summed E-state index contributed by atoms with van der Waals surface area (Å²) in [7, 11) is 1.68. The molecule has 0 spiro atoms. The van der Waals surface area contributed by atoms with Crippen molar-refractivity contribution in [3.05, 3.63) is 42.5 Å². The highest BCUT2D eigenvalue weighted by molar-refractivity contribution is 5.92. The molecule has 0 saturated carbocycles. The average Bonchev–Trinajstić information content (AvgIpc) is 2.86. The number of rotatable bonds is 3. The summed E-state index contributed by atoms with van der Waals surface area (Å²) < 4.78 is 1.51. The van der Waals surface area contributed by atoms with Crippen molar-refractivity contribution in [2.75, 3.05) is 17.7 Å². The normalized spacial score (nSPS) is 9.89. The van der Waals surface area contributed by atoms with Gasteiger partial charge in [-0.05, 0) is 24.3 Å². The summed E-state index contributed by atoms with van der Waals surface area (Å²) in [5, 5.41) is 8.83. The molecule has 96 valence electrons. The number of carbonyl (C=O) groups excluding carboxylic acids is 1. The minimum Gasteiger partial charge on any atom is -0.399 e. The molecule has 0 atom stereocenters. The summed E-state index contributed by atoms with van der Waals surface area (Å²) in [5.41, 5.74) is 6.99. The van der Waals surface area contributed by atoms with Gasteiger partial charge in [0, 0.05) is 30.8 Å². The van der Waals surface area contributed by atoms with Crippen LogP contribution in [0.1, 0.15) is 5.82 Å². The van der Waals surface area contributed by atoms with Crippen LogP contribution < -0.4 is 10.6 Å². The van der Waals surface area contributed by atoms with Gasteiger partial charge in [0.15, 0.2) is 0 Å². The Kier molecular flexibility index (Phi) is 3.48. The number of nitrogens with two attached hydrogens (primary N) is 1. The van der Waals surface area contributed by atoms with Crippen molar-refractivity contribution >= 4 is 17.3 Å². The lowest BCUT2D eigenvalue weighted by Crippen LogP contribution is -2.30. The van der Waals surface area contributed by atoms with Crippen molar-refractivity contribution in [1.29, 1.82) is 5.26 Å². The third-order valence-corrected chi connectivity index (χ3v) is 2.78. The Hall–Kier alpha value is -2.81. The molecule has 2 rings (SSSR count). The second-order valence-electron chi connectivity index (χ2n) is 4.03. The first-order valence-electron chi connectivity index (χ1n) is 5.65. The van der Waals surface area contributed by atoms with E-state index < -0.39 is 0 Å². The standard InChI is InChI=1S/C13H13N5O/c1-17(11-4-2-10(15)3-5-11)13(19)9-18-7-6-16-12(18)8-14/h2-7H,9,15H2,1H3. The summed E-state index contributed by atoms with van der Waals surface area (Å²) in [6.45, 7) is 0.0732. The van der Waals surface area contributed by atoms with Gasteiger partial charge in [-0.2, -0.15) is 5.26 Å². The Morgan fingerprint density at radius 3 is 2.79 bits per heavy atom. The minimum absolute atomic E-state index is 0.0732. The van der Waals surface area contributed by atoms with E-state index in [0.717, 1.165) is 5.69 Å². The van der Waals surface area contributed by atoms with Gasteiger partial charge in [-0.25, -0.2) is 4.98 Å². The van der Waals surface area contributed by atoms with Crippen LogP contribution in [0.15, 0.2) is 36.7 Å². The van der Waals surface area contributed by atoms with Crippen LogP contribution in [0.3, 0.4) is 0 Å². The maximum absolute atomic E-state index is 12.1. The van der Waals surface area contributed by atoms with E-state index in [1.165, 1.54) is 15.7 Å². The van der Waals surface area contributed by atoms with Gasteiger partial charge in [-0.1, -0.05) is 0 Å². The van der Waals surface area contributed by atoms with Gasteiger partial charge in [-0.15, -0.1) is 0 Å². The van der Waals surface area contributed by atoms with E-state index >= 15 is 0 Å². The van der Waals surface area contributed by atoms with Crippen LogP contribution in [0.2, 0.25) is 0 Å². The molecule has 0 radical (unpaired) electrons. The number of benzene rings is 1. The second-order valence-corrected chi connectivity index (χ2v) is 4.03. The zero-order valence-corrected chi connectivity index (χ0v) is 10.4. The number of carbonyl (C=O) groups is 1. The van der Waals surface area contributed by atoms with E-state index in [-0.39, 0.29) is 18.3 Å². The van der Waals surface area contributed by atoms with Crippen molar-refractivity contribution < 1.29 is 4.79 Å². The summed E-state index contributed by atoms with van der Waals surface area (Å²) in [6.07, 6.45) is 3.10. The lowest BCUT2D eigenvalue weighted by molar-refractivity contribution is -0.118. The molecule has 6 heteroatoms. The smallest absolute Gasteiger partial charge is 0.246 e. The molecule has 1 heterocycles. The topological polar surface area (TPSA) is 87.9 Å². The van der Waals surface area contributed by atoms with Gasteiger partial charge >= 0.3 is 0 Å². The van der Waals surface area contributed by atoms with Gasteiger partial charge in [0.25, 0.3) is 0 Å². The molecule has 0 aliphatic rings. The third kappa shape index (κ3) is 2.72. The zero-order chi connectivity index (χ0) is 13.8. The molecule has 6 nitrogen and oxygen atoms in total. The lowest BCUT2D eigenvalue weighted by Gasteiger charge is -2.17. The fraction of sp³-hybridized carbons (Fsp3) is 0.154. The average molecular weight is 255 g/mol. The van der Waals surface area contributed by atoms with Crippen molar-refractivity contribution in [3.8, 4) is 6.07 Å². The zero-order valence-electron chi connectivity index (χ0n) is 10.4. The molecular formula is C13H13N5O. The first-order valence-corrected chi connectivity index (χ1v) is 5.65. The van der Waals surface area contributed by atoms with Crippen LogP contribution in [0.25, 0.3) is 0 Å². The molecule has 0 fully saturated rings. The highest BCUT2D eigenvalue weighted by Gasteiger charge is 2.13. The van der Waals surface area contributed by atoms with E-state index in [0.29, 0.717) is 5.69 Å². The molecular weight excluding hydrogens is 242 g/mol. The van der Waals surface area contributed by atoms with Crippen LogP contribution in [0.5, 0.6) is 0 Å². The molecule has 0 saturated heterocycles. The predicted octanol–water partition coefficient (Wildman–Crippen LogP) is 1.000. The number of hydrogen-bond donors (Lipinski definition) is 1. The third-order valence-electron chi connectivity index (χ3n) is 2.78. The molecule has 1 amide bonds. The number of imidazole rings is 1. The van der Waals surface area contributed by atoms with Gasteiger partial charge in [-0.3, -0.25) is 4.79 Å². The number of amides is 1. The molecule has 0 bridgehead atoms. The highest BCUT2D eigenvalue weighted by Crippen LogP contribution is 2.15. The lowest BCUT2D eigenvalue weighted by atomic mass is 10.2. The number of nitrogen functional groups attached to an aromatic ring is 1. The molecule has 0 aliphatic heterocycles. The van der Waals surface area contributed by atoms with Crippen LogP contribution in [-0.2, 0) is 11.3 Å². The van der Waals surface area contributed by atoms with Crippen LogP contribution >= 0.6 is 0 Å². The van der Waals surface area contributed by atoms with Crippen LogP contribution in [0.4, 0.5) is 11.4 Å². The number of anilines is 2. The quantitative estimate of drug-likeness (QED) is 0.829. The monoisotopic (exact) mass is 255 g/mol. The predicted molar refractivity (Wildman–Crippen MR) is 71.2 cm³/mol. The minimum atomic E-state index is -0.140. The van der Waals surface area contributed by atoms with Crippen LogP contribution in [-0.4, -0.2) is 22.5 Å². The number of aromatic nitrogens is 2. The van der Waals surface area contributed by atoms with Gasteiger partial charge in [0.1, 0.15) is 12.6 Å². The molecule has 1 aromatic carbocycles. The Balaban J connectivity index is 2.12. The maximum Gasteiger partial charge on any atom is 0.246 e. The Morgan fingerprint density at radius 1 is 1.47 bits per heavy atom. The molecule has 0 unspecified atom stereocenters. The van der Waals surface area contributed by atoms with E-state index in [1.54, 1.807) is 37.5 Å². The van der Waals surface area contributed by atoms with Crippen molar-refractivity contribution in [1.82, 2.24) is 9.55 Å². The fourth-order valence-electron chi connectivity index (χ4n) is 1.64. The first kappa shape index (κ1) is 12.6. The number of nitriles is 1. The fourth-order valence-corrected chi connectivity index (χ4v) is 1.64. The van der Waals surface area contributed by atoms with Gasteiger partial charge < -0.3 is 15.2 Å². The molecule has 0 aliphatic carbocycles. The first-order chi connectivity index (χ1) is 9.11. The van der Waals surface area contributed by atoms with E-state index in [1.807, 2.05) is 6.07 Å². The van der Waals surface area contributed by atoms with E-state index in [2.05, 4.69) is 4.98 Å². The molecule has 2 aromatic rings. The SMILES string of the molecule is CN(C(=O)Cn1ccnc1C#N)c1ccc(N)cc1. The Bertz CT molecular complexity index is 623. The van der Waals surface area contributed by atoms with Crippen molar-refractivity contribution in [2.24, 2.45) is 0 Å². The summed E-state index contributed by atoms with van der Waals surface area (Å²) >= 11 is 0. The molecule has 19 heavy (non-hydrogen) atoms. The van der Waals surface area contributed by atoms with Gasteiger partial charge in [0.2, 0.25) is 11.7 Å². The van der Waals surface area contributed by atoms with Gasteiger partial charge in [0.05, 0.1) is 0 Å². The summed E-state index contributed by atoms with van der Waals surface area (Å²) in [5.74, 6) is 0.0818. The number of hydrogen-bond acceptors (Lipinski definition) is 4. The summed E-state index contributed by atoms with van der Waals surface area (Å²) in [4.78, 5) is 17.5. The summed E-state index contributed by atoms with van der Waals surface area (Å²) in [6, 6.07) is 8.94. The van der Waals surface area contributed by atoms with E-state index in [9.17, 15) is 4.79 Å². The highest BCUT2D eigenvalue weighted by atomic mass is 16.2. The maximum atomic E-state index is 12.1. The van der Waals surface area contributed by atoms with Crippen molar-refractivity contribution in [2.45, 2.75) is 6.54 Å². The van der Waals surface area contributed by atoms with Crippen LogP contribution in [0, 0.1) is 11.3 Å². The second kappa shape index (κ2) is 5.23.